The molecule has 19 heavy (non-hydrogen) atoms. The minimum atomic E-state index is -0.867. The molecule has 110 valence electrons. The number of rotatable bonds is 7. The zero-order chi connectivity index (χ0) is 14.3. The monoisotopic (exact) mass is 272 g/mol. The molecule has 0 aromatic rings. The smallest absolute Gasteiger partial charge is 0.314 e. The summed E-state index contributed by atoms with van der Waals surface area (Å²) in [7, 11) is 0. The largest absolute Gasteiger partial charge is 0.481 e. The van der Waals surface area contributed by atoms with Gasteiger partial charge >= 0.3 is 12.0 Å². The number of carboxylic acids is 1. The molecule has 2 amide bonds. The number of urea groups is 1. The molecule has 6 heteroatoms. The molecule has 0 spiro atoms. The van der Waals surface area contributed by atoms with Crippen LogP contribution in [-0.4, -0.2) is 42.4 Å². The molecule has 0 saturated carbocycles. The first-order chi connectivity index (χ1) is 8.97. The number of hydrogen-bond donors (Lipinski definition) is 3. The third-order valence-electron chi connectivity index (χ3n) is 3.42. The Hall–Kier alpha value is -1.30. The van der Waals surface area contributed by atoms with E-state index in [1.807, 2.05) is 13.8 Å². The molecule has 0 aromatic heterocycles. The first kappa shape index (κ1) is 15.8. The molecule has 3 N–H and O–H groups in total. The summed E-state index contributed by atoms with van der Waals surface area (Å²) < 4.78 is 5.56. The molecule has 1 heterocycles. The maximum absolute atomic E-state index is 11.6. The highest BCUT2D eigenvalue weighted by molar-refractivity contribution is 5.75. The van der Waals surface area contributed by atoms with E-state index in [1.54, 1.807) is 0 Å². The van der Waals surface area contributed by atoms with Crippen LogP contribution in [0.4, 0.5) is 4.79 Å². The van der Waals surface area contributed by atoms with Crippen LogP contribution in [0.2, 0.25) is 0 Å². The minimum absolute atomic E-state index is 0.159. The summed E-state index contributed by atoms with van der Waals surface area (Å²) in [5.41, 5.74) is -0.285. The lowest BCUT2D eigenvalue weighted by atomic mass is 10.0. The molecule has 6 nitrogen and oxygen atoms in total. The van der Waals surface area contributed by atoms with E-state index in [0.717, 1.165) is 25.9 Å². The standard InChI is InChI=1S/C13H24N2O4/c1-3-5-10(11(16)17)8-14-12(18)15-9-13(2)6-4-7-19-13/h10H,3-9H2,1-2H3,(H,16,17)(H2,14,15,18). The molecular weight excluding hydrogens is 248 g/mol. The topological polar surface area (TPSA) is 87.7 Å². The Morgan fingerprint density at radius 2 is 2.16 bits per heavy atom. The Bertz CT molecular complexity index is 314. The Balaban J connectivity index is 2.25. The van der Waals surface area contributed by atoms with Gasteiger partial charge in [-0.05, 0) is 26.2 Å². The van der Waals surface area contributed by atoms with Crippen molar-refractivity contribution in [2.24, 2.45) is 5.92 Å². The minimum Gasteiger partial charge on any atom is -0.481 e. The summed E-state index contributed by atoms with van der Waals surface area (Å²) >= 11 is 0. The van der Waals surface area contributed by atoms with Crippen LogP contribution in [0.3, 0.4) is 0 Å². The molecule has 1 rings (SSSR count). The van der Waals surface area contributed by atoms with Gasteiger partial charge in [-0.3, -0.25) is 4.79 Å². The quantitative estimate of drug-likeness (QED) is 0.653. The fourth-order valence-corrected chi connectivity index (χ4v) is 2.18. The van der Waals surface area contributed by atoms with Gasteiger partial charge in [0.05, 0.1) is 11.5 Å². The summed E-state index contributed by atoms with van der Waals surface area (Å²) in [5.74, 6) is -1.39. The first-order valence-corrected chi connectivity index (χ1v) is 6.85. The molecule has 1 aliphatic heterocycles. The van der Waals surface area contributed by atoms with E-state index in [0.29, 0.717) is 13.0 Å². The summed E-state index contributed by atoms with van der Waals surface area (Å²) in [4.78, 5) is 22.5. The lowest BCUT2D eigenvalue weighted by molar-refractivity contribution is -0.141. The highest BCUT2D eigenvalue weighted by Crippen LogP contribution is 2.23. The number of ether oxygens (including phenoxy) is 1. The van der Waals surface area contributed by atoms with Gasteiger partial charge in [0.15, 0.2) is 0 Å². The number of hydrogen-bond acceptors (Lipinski definition) is 3. The van der Waals surface area contributed by atoms with Gasteiger partial charge in [0, 0.05) is 19.7 Å². The van der Waals surface area contributed by atoms with E-state index in [-0.39, 0.29) is 18.2 Å². The Morgan fingerprint density at radius 3 is 2.68 bits per heavy atom. The third-order valence-corrected chi connectivity index (χ3v) is 3.42. The summed E-state index contributed by atoms with van der Waals surface area (Å²) in [6.07, 6.45) is 3.29. The van der Waals surface area contributed by atoms with Crippen molar-refractivity contribution in [3.05, 3.63) is 0 Å². The van der Waals surface area contributed by atoms with Gasteiger partial charge in [-0.15, -0.1) is 0 Å². The number of nitrogens with one attached hydrogen (secondary N) is 2. The maximum atomic E-state index is 11.6. The van der Waals surface area contributed by atoms with Crippen molar-refractivity contribution in [2.45, 2.75) is 45.1 Å². The second-order valence-corrected chi connectivity index (χ2v) is 5.29. The average Bonchev–Trinajstić information content (AvgIpc) is 2.79. The third kappa shape index (κ3) is 5.46. The zero-order valence-corrected chi connectivity index (χ0v) is 11.7. The van der Waals surface area contributed by atoms with Crippen LogP contribution in [0.1, 0.15) is 39.5 Å². The van der Waals surface area contributed by atoms with E-state index >= 15 is 0 Å². The molecule has 0 aliphatic carbocycles. The molecule has 2 unspecified atom stereocenters. The molecule has 1 saturated heterocycles. The van der Waals surface area contributed by atoms with Crippen molar-refractivity contribution < 1.29 is 19.4 Å². The van der Waals surface area contributed by atoms with Crippen LogP contribution in [0.5, 0.6) is 0 Å². The van der Waals surface area contributed by atoms with Gasteiger partial charge in [-0.1, -0.05) is 13.3 Å². The summed E-state index contributed by atoms with van der Waals surface area (Å²) in [6, 6.07) is -0.334. The number of carbonyl (C=O) groups is 2. The molecule has 2 atom stereocenters. The van der Waals surface area contributed by atoms with Crippen LogP contribution in [0.25, 0.3) is 0 Å². The molecule has 0 aromatic carbocycles. The first-order valence-electron chi connectivity index (χ1n) is 6.85. The molecule has 0 bridgehead atoms. The van der Waals surface area contributed by atoms with E-state index in [2.05, 4.69) is 10.6 Å². The van der Waals surface area contributed by atoms with Crippen LogP contribution in [0, 0.1) is 5.92 Å². The van der Waals surface area contributed by atoms with Gasteiger partial charge in [0.25, 0.3) is 0 Å². The van der Waals surface area contributed by atoms with Crippen LogP contribution in [0.15, 0.2) is 0 Å². The summed E-state index contributed by atoms with van der Waals surface area (Å²) in [6.45, 7) is 5.24. The molecule has 1 fully saturated rings. The fourth-order valence-electron chi connectivity index (χ4n) is 2.18. The maximum Gasteiger partial charge on any atom is 0.314 e. The van der Waals surface area contributed by atoms with E-state index in [1.165, 1.54) is 0 Å². The number of carboxylic acid groups (broad SMARTS) is 1. The fraction of sp³-hybridized carbons (Fsp3) is 0.846. The number of aliphatic carboxylic acids is 1. The Kier molecular flexibility index (Phi) is 6.08. The van der Waals surface area contributed by atoms with Gasteiger partial charge in [-0.2, -0.15) is 0 Å². The van der Waals surface area contributed by atoms with Gasteiger partial charge in [0.2, 0.25) is 0 Å². The van der Waals surface area contributed by atoms with Crippen LogP contribution < -0.4 is 10.6 Å². The van der Waals surface area contributed by atoms with Crippen LogP contribution in [-0.2, 0) is 9.53 Å². The van der Waals surface area contributed by atoms with Gasteiger partial charge < -0.3 is 20.5 Å². The highest BCUT2D eigenvalue weighted by atomic mass is 16.5. The van der Waals surface area contributed by atoms with E-state index in [4.69, 9.17) is 9.84 Å². The SMILES string of the molecule is CCCC(CNC(=O)NCC1(C)CCCO1)C(=O)O. The molecule has 0 radical (unpaired) electrons. The number of amides is 2. The zero-order valence-electron chi connectivity index (χ0n) is 11.7. The Morgan fingerprint density at radius 1 is 1.42 bits per heavy atom. The summed E-state index contributed by atoms with van der Waals surface area (Å²) in [5, 5.41) is 14.3. The predicted octanol–water partition coefficient (Wildman–Crippen LogP) is 1.36. The Labute approximate surface area is 113 Å². The molecular formula is C13H24N2O4. The average molecular weight is 272 g/mol. The van der Waals surface area contributed by atoms with Crippen molar-refractivity contribution in [2.75, 3.05) is 19.7 Å². The highest BCUT2D eigenvalue weighted by Gasteiger charge is 2.30. The second-order valence-electron chi connectivity index (χ2n) is 5.29. The van der Waals surface area contributed by atoms with Crippen molar-refractivity contribution >= 4 is 12.0 Å². The van der Waals surface area contributed by atoms with Crippen molar-refractivity contribution in [3.63, 3.8) is 0 Å². The van der Waals surface area contributed by atoms with Crippen LogP contribution >= 0.6 is 0 Å². The van der Waals surface area contributed by atoms with Crippen molar-refractivity contribution in [1.82, 2.24) is 10.6 Å². The predicted molar refractivity (Wildman–Crippen MR) is 71.0 cm³/mol. The van der Waals surface area contributed by atoms with Gasteiger partial charge in [-0.25, -0.2) is 4.79 Å². The van der Waals surface area contributed by atoms with E-state index in [9.17, 15) is 9.59 Å². The second kappa shape index (κ2) is 7.33. The molecule has 1 aliphatic rings. The lowest BCUT2D eigenvalue weighted by Crippen LogP contribution is -2.46. The van der Waals surface area contributed by atoms with E-state index < -0.39 is 11.9 Å². The normalized spacial score (nSPS) is 23.9. The lowest BCUT2D eigenvalue weighted by Gasteiger charge is -2.23. The van der Waals surface area contributed by atoms with Crippen molar-refractivity contribution in [3.8, 4) is 0 Å². The number of carbonyl (C=O) groups excluding carboxylic acids is 1. The van der Waals surface area contributed by atoms with Crippen molar-refractivity contribution in [1.29, 1.82) is 0 Å². The van der Waals surface area contributed by atoms with Gasteiger partial charge in [0.1, 0.15) is 0 Å².